The Balaban J connectivity index is 1.63. The molecule has 1 aliphatic rings. The van der Waals surface area contributed by atoms with Crippen LogP contribution in [0.25, 0.3) is 10.9 Å². The second kappa shape index (κ2) is 11.4. The van der Waals surface area contributed by atoms with E-state index in [1.807, 2.05) is 93.6 Å². The minimum atomic E-state index is -0.802. The van der Waals surface area contributed by atoms with Gasteiger partial charge < -0.3 is 23.8 Å². The highest BCUT2D eigenvalue weighted by Crippen LogP contribution is 2.48. The van der Waals surface area contributed by atoms with Crippen molar-refractivity contribution >= 4 is 28.8 Å². The molecule has 0 saturated carbocycles. The molecule has 0 amide bonds. The number of para-hydroxylation sites is 2. The average molecular weight is 555 g/mol. The molecule has 2 heterocycles. The second-order valence-electron chi connectivity index (χ2n) is 10.8. The number of anilines is 1. The monoisotopic (exact) mass is 554 g/mol. The molecule has 41 heavy (non-hydrogen) atoms. The Kier molecular flexibility index (Phi) is 7.75. The average Bonchev–Trinajstić information content (AvgIpc) is 3.47. The van der Waals surface area contributed by atoms with Crippen molar-refractivity contribution in [3.63, 3.8) is 0 Å². The summed E-state index contributed by atoms with van der Waals surface area (Å²) in [5.41, 5.74) is 3.76. The molecule has 8 heteroatoms. The molecule has 4 aromatic rings. The molecular weight excluding hydrogens is 520 g/mol. The largest absolute Gasteiger partial charge is 0.510 e. The first-order valence-electron chi connectivity index (χ1n) is 13.5. The van der Waals surface area contributed by atoms with Gasteiger partial charge in [0.15, 0.2) is 6.23 Å². The Morgan fingerprint density at radius 2 is 1.66 bits per heavy atom. The van der Waals surface area contributed by atoms with Gasteiger partial charge in [0, 0.05) is 23.8 Å². The molecule has 0 bridgehead atoms. The summed E-state index contributed by atoms with van der Waals surface area (Å²) in [4.78, 5) is 28.2. The molecule has 0 aliphatic carbocycles. The first-order chi connectivity index (χ1) is 19.7. The lowest BCUT2D eigenvalue weighted by molar-refractivity contribution is 0.0255. The van der Waals surface area contributed by atoms with Gasteiger partial charge >= 0.3 is 12.2 Å². The molecule has 212 valence electrons. The van der Waals surface area contributed by atoms with Crippen molar-refractivity contribution in [1.82, 2.24) is 4.57 Å². The van der Waals surface area contributed by atoms with E-state index in [1.165, 1.54) is 10.6 Å². The summed E-state index contributed by atoms with van der Waals surface area (Å²) in [6.07, 6.45) is 1.24. The van der Waals surface area contributed by atoms with Crippen LogP contribution in [-0.4, -0.2) is 42.4 Å². The highest BCUT2D eigenvalue weighted by atomic mass is 16.7. The normalized spacial score (nSPS) is 16.2. The fourth-order valence-corrected chi connectivity index (χ4v) is 5.21. The zero-order chi connectivity index (χ0) is 29.1. The zero-order valence-electron chi connectivity index (χ0n) is 23.7. The van der Waals surface area contributed by atoms with Gasteiger partial charge in [0.05, 0.1) is 18.5 Å². The van der Waals surface area contributed by atoms with Crippen LogP contribution in [0.4, 0.5) is 15.3 Å². The molecule has 0 fully saturated rings. The summed E-state index contributed by atoms with van der Waals surface area (Å²) in [5.74, 6) is 0.332. The maximum Gasteiger partial charge on any atom is 0.510 e. The first-order valence-corrected chi connectivity index (χ1v) is 13.5. The van der Waals surface area contributed by atoms with Gasteiger partial charge in [-0.25, -0.2) is 9.59 Å². The van der Waals surface area contributed by atoms with Gasteiger partial charge in [-0.1, -0.05) is 61.2 Å². The Morgan fingerprint density at radius 1 is 0.951 bits per heavy atom. The van der Waals surface area contributed by atoms with Crippen LogP contribution in [0.5, 0.6) is 5.75 Å². The van der Waals surface area contributed by atoms with Crippen molar-refractivity contribution in [3.05, 3.63) is 108 Å². The quantitative estimate of drug-likeness (QED) is 0.176. The van der Waals surface area contributed by atoms with E-state index in [1.54, 1.807) is 13.3 Å². The Hall–Kier alpha value is -4.72. The molecule has 1 aliphatic heterocycles. The van der Waals surface area contributed by atoms with E-state index in [4.69, 9.17) is 18.9 Å². The van der Waals surface area contributed by atoms with Gasteiger partial charge in [0.2, 0.25) is 0 Å². The van der Waals surface area contributed by atoms with Crippen molar-refractivity contribution in [2.75, 3.05) is 18.6 Å². The topological polar surface area (TPSA) is 79.2 Å². The summed E-state index contributed by atoms with van der Waals surface area (Å²) in [5, 5.41) is 0.859. The van der Waals surface area contributed by atoms with Crippen molar-refractivity contribution in [3.8, 4) is 5.75 Å². The summed E-state index contributed by atoms with van der Waals surface area (Å²) in [6.45, 7) is 9.61. The molecule has 2 atom stereocenters. The van der Waals surface area contributed by atoms with Crippen LogP contribution in [0.15, 0.2) is 91.6 Å². The van der Waals surface area contributed by atoms with Gasteiger partial charge in [-0.15, -0.1) is 0 Å². The molecule has 0 N–H and O–H groups in total. The van der Waals surface area contributed by atoms with E-state index in [0.29, 0.717) is 12.1 Å². The number of ether oxygens (including phenoxy) is 4. The van der Waals surface area contributed by atoms with Crippen molar-refractivity contribution in [2.45, 2.75) is 45.1 Å². The number of aromatic nitrogens is 1. The number of carbonyl (C=O) groups is 2. The molecule has 0 radical (unpaired) electrons. The predicted octanol–water partition coefficient (Wildman–Crippen LogP) is 7.25. The van der Waals surface area contributed by atoms with Gasteiger partial charge in [-0.05, 0) is 61.7 Å². The number of carbonyl (C=O) groups excluding carboxylic acids is 2. The molecule has 5 rings (SSSR count). The fourth-order valence-electron chi connectivity index (χ4n) is 5.21. The van der Waals surface area contributed by atoms with Crippen LogP contribution in [0.2, 0.25) is 0 Å². The second-order valence-corrected chi connectivity index (χ2v) is 10.8. The first kappa shape index (κ1) is 27.8. The molecular formula is C33H34N2O6. The van der Waals surface area contributed by atoms with Crippen LogP contribution in [-0.2, 0) is 20.8 Å². The lowest BCUT2D eigenvalue weighted by atomic mass is 9.91. The lowest BCUT2D eigenvalue weighted by Gasteiger charge is -2.30. The minimum Gasteiger partial charge on any atom is -0.497 e. The van der Waals surface area contributed by atoms with Gasteiger partial charge in [-0.3, -0.25) is 4.57 Å². The zero-order valence-corrected chi connectivity index (χ0v) is 23.7. The van der Waals surface area contributed by atoms with E-state index < -0.39 is 30.0 Å². The van der Waals surface area contributed by atoms with E-state index >= 15 is 0 Å². The number of fused-ring (bicyclic) bond motifs is 2. The maximum atomic E-state index is 13.3. The number of hydrogen-bond donors (Lipinski definition) is 0. The highest BCUT2D eigenvalue weighted by Gasteiger charge is 2.44. The third-order valence-electron chi connectivity index (χ3n) is 6.89. The Labute approximate surface area is 239 Å². The van der Waals surface area contributed by atoms with E-state index in [2.05, 4.69) is 11.5 Å². The van der Waals surface area contributed by atoms with E-state index in [-0.39, 0.29) is 6.61 Å². The molecule has 0 spiro atoms. The number of benzene rings is 3. The van der Waals surface area contributed by atoms with Gasteiger partial charge in [-0.2, -0.15) is 0 Å². The van der Waals surface area contributed by atoms with E-state index in [9.17, 15) is 9.59 Å². The third-order valence-corrected chi connectivity index (χ3v) is 6.89. The third kappa shape index (κ3) is 5.77. The summed E-state index contributed by atoms with van der Waals surface area (Å²) < 4.78 is 23.9. The van der Waals surface area contributed by atoms with Gasteiger partial charge in [0.1, 0.15) is 18.0 Å². The van der Waals surface area contributed by atoms with Crippen molar-refractivity contribution in [2.24, 2.45) is 0 Å². The Bertz CT molecular complexity index is 1570. The molecule has 8 nitrogen and oxygen atoms in total. The van der Waals surface area contributed by atoms with Crippen LogP contribution < -0.4 is 9.64 Å². The number of methoxy groups -OCH3 is 1. The minimum absolute atomic E-state index is 0.0274. The van der Waals surface area contributed by atoms with E-state index in [0.717, 1.165) is 33.5 Å². The molecule has 2 unspecified atom stereocenters. The maximum absolute atomic E-state index is 13.3. The van der Waals surface area contributed by atoms with Crippen LogP contribution in [0, 0.1) is 0 Å². The fraction of sp³-hybridized carbons (Fsp3) is 0.273. The van der Waals surface area contributed by atoms with Crippen LogP contribution in [0.1, 0.15) is 43.4 Å². The summed E-state index contributed by atoms with van der Waals surface area (Å²) >= 11 is 0. The summed E-state index contributed by atoms with van der Waals surface area (Å²) in [7, 11) is 1.63. The smallest absolute Gasteiger partial charge is 0.497 e. The molecule has 1 aromatic heterocycles. The van der Waals surface area contributed by atoms with Crippen molar-refractivity contribution in [1.29, 1.82) is 0 Å². The molecule has 0 saturated heterocycles. The Morgan fingerprint density at radius 3 is 2.37 bits per heavy atom. The van der Waals surface area contributed by atoms with Crippen LogP contribution >= 0.6 is 0 Å². The predicted molar refractivity (Wildman–Crippen MR) is 157 cm³/mol. The standard InChI is InChI=1S/C33H34N2O6/c1-6-19-39-32(37)40-30-29(26-21-35(31(36)41-33(2,3)4)27-13-9-7-11-24(26)27)25-12-8-10-14-28(25)34(30)20-22-15-17-23(38-5)18-16-22/h6-18,21,29-30H,1,19-20H2,2-5H3. The lowest BCUT2D eigenvalue weighted by Crippen LogP contribution is -2.38. The highest BCUT2D eigenvalue weighted by molar-refractivity contribution is 5.93. The number of hydrogen-bond acceptors (Lipinski definition) is 7. The van der Waals surface area contributed by atoms with Crippen molar-refractivity contribution < 1.29 is 28.5 Å². The summed E-state index contributed by atoms with van der Waals surface area (Å²) in [6, 6.07) is 23.4. The van der Waals surface area contributed by atoms with Gasteiger partial charge in [0.25, 0.3) is 0 Å². The SMILES string of the molecule is C=CCOC(=O)OC1C(c2cn(C(=O)OC(C)(C)C)c3ccccc23)c2ccccc2N1Cc1ccc(OC)cc1. The van der Waals surface area contributed by atoms with Crippen LogP contribution in [0.3, 0.4) is 0 Å². The number of rotatable bonds is 7. The molecule has 3 aromatic carbocycles. The number of nitrogens with zero attached hydrogens (tertiary/aromatic N) is 2.